The Morgan fingerprint density at radius 1 is 1.20 bits per heavy atom. The van der Waals surface area contributed by atoms with Gasteiger partial charge in [-0.25, -0.2) is 0 Å². The SMILES string of the molecule is CC[NH+](CC(=O)Nc1ccc(C(=O)[O-])cc1)C(C)(C)C. The van der Waals surface area contributed by atoms with E-state index in [0.717, 1.165) is 6.54 Å². The fourth-order valence-electron chi connectivity index (χ4n) is 2.01. The van der Waals surface area contributed by atoms with Crippen LogP contribution in [0, 0.1) is 0 Å². The second-order valence-corrected chi connectivity index (χ2v) is 5.80. The van der Waals surface area contributed by atoms with Crippen molar-refractivity contribution in [3.63, 3.8) is 0 Å². The topological polar surface area (TPSA) is 73.7 Å². The van der Waals surface area contributed by atoms with Crippen LogP contribution in [0.15, 0.2) is 24.3 Å². The number of benzene rings is 1. The molecule has 1 amide bonds. The number of carboxylic acid groups (broad SMARTS) is 1. The molecule has 110 valence electrons. The zero-order valence-electron chi connectivity index (χ0n) is 12.4. The van der Waals surface area contributed by atoms with Gasteiger partial charge in [0, 0.05) is 5.69 Å². The van der Waals surface area contributed by atoms with Crippen LogP contribution in [0.4, 0.5) is 5.69 Å². The van der Waals surface area contributed by atoms with Crippen molar-refractivity contribution in [3.05, 3.63) is 29.8 Å². The summed E-state index contributed by atoms with van der Waals surface area (Å²) in [7, 11) is 0. The Labute approximate surface area is 119 Å². The van der Waals surface area contributed by atoms with E-state index in [0.29, 0.717) is 12.2 Å². The summed E-state index contributed by atoms with van der Waals surface area (Å²) >= 11 is 0. The lowest BCUT2D eigenvalue weighted by molar-refractivity contribution is -0.937. The van der Waals surface area contributed by atoms with Gasteiger partial charge in [-0.3, -0.25) is 4.79 Å². The molecule has 0 radical (unpaired) electrons. The maximum atomic E-state index is 12.0. The van der Waals surface area contributed by atoms with Crippen molar-refractivity contribution in [1.29, 1.82) is 0 Å². The monoisotopic (exact) mass is 278 g/mol. The van der Waals surface area contributed by atoms with E-state index in [2.05, 4.69) is 26.1 Å². The highest BCUT2D eigenvalue weighted by atomic mass is 16.4. The van der Waals surface area contributed by atoms with Crippen LogP contribution >= 0.6 is 0 Å². The first-order chi connectivity index (χ1) is 9.24. The van der Waals surface area contributed by atoms with Gasteiger partial charge in [0.25, 0.3) is 5.91 Å². The molecule has 1 unspecified atom stereocenters. The van der Waals surface area contributed by atoms with Gasteiger partial charge in [-0.1, -0.05) is 12.1 Å². The van der Waals surface area contributed by atoms with Crippen molar-refractivity contribution in [3.8, 4) is 0 Å². The summed E-state index contributed by atoms with van der Waals surface area (Å²) in [4.78, 5) is 23.8. The minimum atomic E-state index is -1.22. The number of carboxylic acids is 1. The highest BCUT2D eigenvalue weighted by Crippen LogP contribution is 2.08. The zero-order valence-corrected chi connectivity index (χ0v) is 12.4. The molecule has 0 saturated carbocycles. The molecule has 1 atom stereocenters. The summed E-state index contributed by atoms with van der Waals surface area (Å²) in [6.45, 7) is 9.56. The van der Waals surface area contributed by atoms with Crippen molar-refractivity contribution in [2.45, 2.75) is 33.2 Å². The molecule has 2 N–H and O–H groups in total. The summed E-state index contributed by atoms with van der Waals surface area (Å²) in [5.74, 6) is -1.31. The molecule has 0 bridgehead atoms. The number of carbonyl (C=O) groups excluding carboxylic acids is 2. The molecule has 1 aromatic rings. The number of anilines is 1. The molecule has 0 aliphatic carbocycles. The van der Waals surface area contributed by atoms with Crippen LogP contribution in [0.5, 0.6) is 0 Å². The maximum Gasteiger partial charge on any atom is 0.279 e. The van der Waals surface area contributed by atoms with E-state index < -0.39 is 5.97 Å². The molecule has 5 nitrogen and oxygen atoms in total. The van der Waals surface area contributed by atoms with Crippen molar-refractivity contribution >= 4 is 17.6 Å². The van der Waals surface area contributed by atoms with Crippen LogP contribution in [0.25, 0.3) is 0 Å². The van der Waals surface area contributed by atoms with Gasteiger partial charge in [0.1, 0.15) is 0 Å². The van der Waals surface area contributed by atoms with Gasteiger partial charge in [0.05, 0.1) is 18.1 Å². The molecule has 1 rings (SSSR count). The third-order valence-electron chi connectivity index (χ3n) is 3.27. The predicted octanol–water partition coefficient (Wildman–Crippen LogP) is -0.308. The molecule has 0 spiro atoms. The summed E-state index contributed by atoms with van der Waals surface area (Å²) in [5, 5.41) is 13.4. The van der Waals surface area contributed by atoms with Crippen LogP contribution in [0.3, 0.4) is 0 Å². The lowest BCUT2D eigenvalue weighted by Crippen LogP contribution is -3.19. The Morgan fingerprint density at radius 2 is 1.75 bits per heavy atom. The fraction of sp³-hybridized carbons (Fsp3) is 0.467. The molecule has 0 fully saturated rings. The number of aromatic carboxylic acids is 1. The molecule has 20 heavy (non-hydrogen) atoms. The van der Waals surface area contributed by atoms with E-state index in [4.69, 9.17) is 0 Å². The number of likely N-dealkylation sites (N-methyl/N-ethyl adjacent to an activating group) is 1. The van der Waals surface area contributed by atoms with Gasteiger partial charge in [-0.2, -0.15) is 0 Å². The average Bonchev–Trinajstić information content (AvgIpc) is 2.35. The average molecular weight is 278 g/mol. The van der Waals surface area contributed by atoms with Crippen molar-refractivity contribution < 1.29 is 19.6 Å². The van der Waals surface area contributed by atoms with Gasteiger partial charge in [-0.15, -0.1) is 0 Å². The molecular weight excluding hydrogens is 256 g/mol. The van der Waals surface area contributed by atoms with Crippen LogP contribution in [0.2, 0.25) is 0 Å². The first kappa shape index (κ1) is 16.2. The summed E-state index contributed by atoms with van der Waals surface area (Å²) in [6.07, 6.45) is 0. The lowest BCUT2D eigenvalue weighted by atomic mass is 10.1. The van der Waals surface area contributed by atoms with Gasteiger partial charge in [-0.05, 0) is 45.4 Å². The lowest BCUT2D eigenvalue weighted by Gasteiger charge is -2.30. The third-order valence-corrected chi connectivity index (χ3v) is 3.27. The van der Waals surface area contributed by atoms with E-state index in [1.807, 2.05) is 6.92 Å². The largest absolute Gasteiger partial charge is 0.545 e. The van der Waals surface area contributed by atoms with Gasteiger partial charge >= 0.3 is 0 Å². The fourth-order valence-corrected chi connectivity index (χ4v) is 2.01. The summed E-state index contributed by atoms with van der Waals surface area (Å²) < 4.78 is 0. The minimum absolute atomic E-state index is 0.00489. The van der Waals surface area contributed by atoms with E-state index in [1.54, 1.807) is 12.1 Å². The highest BCUT2D eigenvalue weighted by molar-refractivity contribution is 5.92. The molecule has 0 aliphatic heterocycles. The van der Waals surface area contributed by atoms with E-state index in [9.17, 15) is 14.7 Å². The molecule has 5 heteroatoms. The maximum absolute atomic E-state index is 12.0. The third kappa shape index (κ3) is 4.66. The molecular formula is C15H22N2O3. The van der Waals surface area contributed by atoms with Gasteiger partial charge in [0.15, 0.2) is 6.54 Å². The predicted molar refractivity (Wildman–Crippen MR) is 75.5 cm³/mol. The summed E-state index contributed by atoms with van der Waals surface area (Å²) in [6, 6.07) is 5.95. The standard InChI is InChI=1S/C15H22N2O3/c1-5-17(15(2,3)4)10-13(18)16-12-8-6-11(7-9-12)14(19)20/h6-9H,5,10H2,1-4H3,(H,16,18)(H,19,20). The number of hydrogen-bond donors (Lipinski definition) is 2. The quantitative estimate of drug-likeness (QED) is 0.776. The molecule has 0 saturated heterocycles. The number of carbonyl (C=O) groups is 2. The molecule has 0 heterocycles. The van der Waals surface area contributed by atoms with Gasteiger partial charge in [0.2, 0.25) is 0 Å². The first-order valence-corrected chi connectivity index (χ1v) is 6.70. The van der Waals surface area contributed by atoms with E-state index >= 15 is 0 Å². The molecule has 0 aliphatic rings. The molecule has 0 aromatic heterocycles. The van der Waals surface area contributed by atoms with Crippen molar-refractivity contribution in [2.75, 3.05) is 18.4 Å². The normalized spacial score (nSPS) is 12.8. The van der Waals surface area contributed by atoms with Gasteiger partial charge < -0.3 is 20.1 Å². The summed E-state index contributed by atoms with van der Waals surface area (Å²) in [5.41, 5.74) is 0.688. The van der Waals surface area contributed by atoms with Crippen LogP contribution in [0.1, 0.15) is 38.1 Å². The Hall–Kier alpha value is -1.88. The number of nitrogens with one attached hydrogen (secondary N) is 2. The molecule has 1 aromatic carbocycles. The second kappa shape index (κ2) is 6.52. The van der Waals surface area contributed by atoms with Crippen molar-refractivity contribution in [1.82, 2.24) is 0 Å². The Balaban J connectivity index is 2.64. The van der Waals surface area contributed by atoms with Crippen LogP contribution < -0.4 is 15.3 Å². The smallest absolute Gasteiger partial charge is 0.279 e. The Morgan fingerprint density at radius 3 is 2.15 bits per heavy atom. The highest BCUT2D eigenvalue weighted by Gasteiger charge is 2.25. The number of rotatable bonds is 5. The van der Waals surface area contributed by atoms with Crippen LogP contribution in [-0.4, -0.2) is 30.5 Å². The first-order valence-electron chi connectivity index (χ1n) is 6.70. The van der Waals surface area contributed by atoms with Crippen molar-refractivity contribution in [2.24, 2.45) is 0 Å². The zero-order chi connectivity index (χ0) is 15.3. The number of hydrogen-bond acceptors (Lipinski definition) is 3. The minimum Gasteiger partial charge on any atom is -0.545 e. The van der Waals surface area contributed by atoms with Crippen LogP contribution in [-0.2, 0) is 4.79 Å². The van der Waals surface area contributed by atoms with E-state index in [-0.39, 0.29) is 17.0 Å². The number of quaternary nitrogens is 1. The van der Waals surface area contributed by atoms with E-state index in [1.165, 1.54) is 17.0 Å². The Bertz CT molecular complexity index is 475. The second-order valence-electron chi connectivity index (χ2n) is 5.80. The number of amides is 1. The Kier molecular flexibility index (Phi) is 5.27.